The molecule has 1 aromatic heterocycles. The molecule has 0 bridgehead atoms. The third-order valence-electron chi connectivity index (χ3n) is 3.46. The fourth-order valence-electron chi connectivity index (χ4n) is 2.50. The summed E-state index contributed by atoms with van der Waals surface area (Å²) in [4.78, 5) is 0. The van der Waals surface area contributed by atoms with Crippen molar-refractivity contribution in [3.05, 3.63) is 41.2 Å². The van der Waals surface area contributed by atoms with E-state index in [1.54, 1.807) is 0 Å². The van der Waals surface area contributed by atoms with Crippen LogP contribution < -0.4 is 10.1 Å². The maximum atomic E-state index is 5.72. The molecule has 0 amide bonds. The van der Waals surface area contributed by atoms with E-state index in [1.807, 2.05) is 38.6 Å². The Hall–Kier alpha value is -1.97. The molecule has 2 aromatic rings. The Morgan fingerprint density at radius 1 is 1.19 bits per heavy atom. The van der Waals surface area contributed by atoms with Crippen molar-refractivity contribution in [3.8, 4) is 5.75 Å². The maximum absolute atomic E-state index is 5.72. The second-order valence-corrected chi connectivity index (χ2v) is 5.85. The van der Waals surface area contributed by atoms with Crippen LogP contribution in [0.25, 0.3) is 0 Å². The minimum Gasteiger partial charge on any atom is -0.491 e. The van der Waals surface area contributed by atoms with E-state index in [-0.39, 0.29) is 12.1 Å². The van der Waals surface area contributed by atoms with Gasteiger partial charge in [0, 0.05) is 24.5 Å². The van der Waals surface area contributed by atoms with Crippen LogP contribution in [-0.4, -0.2) is 15.9 Å². The maximum Gasteiger partial charge on any atom is 0.120 e. The average molecular weight is 287 g/mol. The van der Waals surface area contributed by atoms with E-state index < -0.39 is 0 Å². The summed E-state index contributed by atoms with van der Waals surface area (Å²) in [5.74, 6) is 0.915. The van der Waals surface area contributed by atoms with Crippen LogP contribution in [0.3, 0.4) is 0 Å². The molecule has 2 rings (SSSR count). The van der Waals surface area contributed by atoms with Gasteiger partial charge in [0.1, 0.15) is 5.75 Å². The highest BCUT2D eigenvalue weighted by Crippen LogP contribution is 2.26. The summed E-state index contributed by atoms with van der Waals surface area (Å²) >= 11 is 0. The fourth-order valence-corrected chi connectivity index (χ4v) is 2.50. The Balaban J connectivity index is 2.14. The molecule has 114 valence electrons. The van der Waals surface area contributed by atoms with E-state index in [0.717, 1.165) is 17.1 Å². The normalized spacial score (nSPS) is 12.5. The molecule has 1 N–H and O–H groups in total. The van der Waals surface area contributed by atoms with Gasteiger partial charge in [-0.3, -0.25) is 4.68 Å². The molecular weight excluding hydrogens is 262 g/mol. The third-order valence-corrected chi connectivity index (χ3v) is 3.46. The standard InChI is InChI=1S/C17H25N3O/c1-11(2)21-15-7-8-17(12(3)9-15)18-13(4)16-10-20(6)19-14(16)5/h7-11,13,18H,1-6H3. The Labute approximate surface area is 127 Å². The topological polar surface area (TPSA) is 39.1 Å². The molecule has 0 aliphatic rings. The van der Waals surface area contributed by atoms with Crippen LogP contribution in [0, 0.1) is 13.8 Å². The molecule has 0 radical (unpaired) electrons. The molecule has 1 atom stereocenters. The molecule has 1 heterocycles. The molecule has 0 aliphatic carbocycles. The van der Waals surface area contributed by atoms with Crippen molar-refractivity contribution in [3.63, 3.8) is 0 Å². The summed E-state index contributed by atoms with van der Waals surface area (Å²) in [7, 11) is 1.95. The van der Waals surface area contributed by atoms with Crippen molar-refractivity contribution in [2.45, 2.75) is 46.8 Å². The zero-order valence-electron chi connectivity index (χ0n) is 13.8. The summed E-state index contributed by atoms with van der Waals surface area (Å²) in [6.07, 6.45) is 2.26. The highest BCUT2D eigenvalue weighted by molar-refractivity contribution is 5.55. The van der Waals surface area contributed by atoms with Crippen LogP contribution in [0.15, 0.2) is 24.4 Å². The fraction of sp³-hybridized carbons (Fsp3) is 0.471. The molecular formula is C17H25N3O. The summed E-state index contributed by atoms with van der Waals surface area (Å²) in [6.45, 7) is 10.4. The lowest BCUT2D eigenvalue weighted by molar-refractivity contribution is 0.242. The molecule has 0 aliphatic heterocycles. The first-order valence-corrected chi connectivity index (χ1v) is 7.40. The number of ether oxygens (including phenoxy) is 1. The Bertz CT molecular complexity index is 616. The Kier molecular flexibility index (Phi) is 4.56. The third kappa shape index (κ3) is 3.78. The zero-order chi connectivity index (χ0) is 15.6. The molecule has 0 fully saturated rings. The van der Waals surface area contributed by atoms with Crippen molar-refractivity contribution in [2.75, 3.05) is 5.32 Å². The van der Waals surface area contributed by atoms with Crippen LogP contribution in [0.5, 0.6) is 5.75 Å². The number of hydrogen-bond acceptors (Lipinski definition) is 3. The van der Waals surface area contributed by atoms with Crippen LogP contribution >= 0.6 is 0 Å². The number of anilines is 1. The second kappa shape index (κ2) is 6.20. The van der Waals surface area contributed by atoms with Gasteiger partial charge in [-0.25, -0.2) is 0 Å². The molecule has 1 unspecified atom stereocenters. The smallest absolute Gasteiger partial charge is 0.120 e. The number of rotatable bonds is 5. The summed E-state index contributed by atoms with van der Waals surface area (Å²) < 4.78 is 7.58. The van der Waals surface area contributed by atoms with Gasteiger partial charge in [-0.15, -0.1) is 0 Å². The average Bonchev–Trinajstić information content (AvgIpc) is 2.71. The van der Waals surface area contributed by atoms with Gasteiger partial charge in [-0.2, -0.15) is 5.10 Å². The number of benzene rings is 1. The van der Waals surface area contributed by atoms with Crippen molar-refractivity contribution in [1.82, 2.24) is 9.78 Å². The minimum atomic E-state index is 0.195. The molecule has 21 heavy (non-hydrogen) atoms. The highest BCUT2D eigenvalue weighted by atomic mass is 16.5. The van der Waals surface area contributed by atoms with Gasteiger partial charge < -0.3 is 10.1 Å². The van der Waals surface area contributed by atoms with E-state index in [0.29, 0.717) is 0 Å². The Morgan fingerprint density at radius 3 is 2.43 bits per heavy atom. The zero-order valence-corrected chi connectivity index (χ0v) is 13.8. The first-order valence-electron chi connectivity index (χ1n) is 7.40. The van der Waals surface area contributed by atoms with Crippen molar-refractivity contribution in [1.29, 1.82) is 0 Å². The summed E-state index contributed by atoms with van der Waals surface area (Å²) in [5, 5.41) is 7.95. The largest absolute Gasteiger partial charge is 0.491 e. The first-order chi connectivity index (χ1) is 9.86. The lowest BCUT2D eigenvalue weighted by atomic mass is 10.1. The first kappa shape index (κ1) is 15.4. The van der Waals surface area contributed by atoms with Gasteiger partial charge in [0.05, 0.1) is 17.8 Å². The predicted molar refractivity (Wildman–Crippen MR) is 86.9 cm³/mol. The van der Waals surface area contributed by atoms with Gasteiger partial charge in [0.2, 0.25) is 0 Å². The SMILES string of the molecule is Cc1cc(OC(C)C)ccc1NC(C)c1cn(C)nc1C. The van der Waals surface area contributed by atoms with E-state index in [1.165, 1.54) is 11.1 Å². The number of aryl methyl sites for hydroxylation is 3. The molecule has 0 spiro atoms. The number of nitrogens with one attached hydrogen (secondary N) is 1. The van der Waals surface area contributed by atoms with Gasteiger partial charge in [0.25, 0.3) is 0 Å². The molecule has 0 saturated carbocycles. The van der Waals surface area contributed by atoms with Crippen LogP contribution in [0.1, 0.15) is 43.6 Å². The Morgan fingerprint density at radius 2 is 1.90 bits per heavy atom. The highest BCUT2D eigenvalue weighted by Gasteiger charge is 2.13. The van der Waals surface area contributed by atoms with E-state index in [9.17, 15) is 0 Å². The minimum absolute atomic E-state index is 0.195. The van der Waals surface area contributed by atoms with E-state index in [4.69, 9.17) is 4.74 Å². The van der Waals surface area contributed by atoms with Crippen molar-refractivity contribution < 1.29 is 4.74 Å². The van der Waals surface area contributed by atoms with Gasteiger partial charge >= 0.3 is 0 Å². The predicted octanol–water partition coefficient (Wildman–Crippen LogP) is 4.00. The van der Waals surface area contributed by atoms with Gasteiger partial charge in [0.15, 0.2) is 0 Å². The quantitative estimate of drug-likeness (QED) is 0.903. The van der Waals surface area contributed by atoms with Crippen LogP contribution in [0.2, 0.25) is 0 Å². The second-order valence-electron chi connectivity index (χ2n) is 5.85. The molecule has 1 aromatic carbocycles. The van der Waals surface area contributed by atoms with Crippen LogP contribution in [0.4, 0.5) is 5.69 Å². The lowest BCUT2D eigenvalue weighted by Crippen LogP contribution is -2.09. The van der Waals surface area contributed by atoms with Crippen molar-refractivity contribution in [2.24, 2.45) is 7.05 Å². The van der Waals surface area contributed by atoms with Gasteiger partial charge in [-0.05, 0) is 58.4 Å². The number of aromatic nitrogens is 2. The molecule has 4 heteroatoms. The molecule has 4 nitrogen and oxygen atoms in total. The number of nitrogens with zero attached hydrogens (tertiary/aromatic N) is 2. The van der Waals surface area contributed by atoms with E-state index >= 15 is 0 Å². The van der Waals surface area contributed by atoms with Crippen LogP contribution in [-0.2, 0) is 7.05 Å². The number of hydrogen-bond donors (Lipinski definition) is 1. The summed E-state index contributed by atoms with van der Waals surface area (Å²) in [6, 6.07) is 6.38. The van der Waals surface area contributed by atoms with E-state index in [2.05, 4.69) is 42.6 Å². The van der Waals surface area contributed by atoms with Crippen molar-refractivity contribution >= 4 is 5.69 Å². The monoisotopic (exact) mass is 287 g/mol. The summed E-state index contributed by atoms with van der Waals surface area (Å²) in [5.41, 5.74) is 4.60. The van der Waals surface area contributed by atoms with Gasteiger partial charge in [-0.1, -0.05) is 0 Å². The molecule has 0 saturated heterocycles. The lowest BCUT2D eigenvalue weighted by Gasteiger charge is -2.18.